The highest BCUT2D eigenvalue weighted by Crippen LogP contribution is 2.38. The lowest BCUT2D eigenvalue weighted by Crippen LogP contribution is -2.28. The summed E-state index contributed by atoms with van der Waals surface area (Å²) < 4.78 is 5.76. The number of hydrogen-bond acceptors (Lipinski definition) is 6. The highest BCUT2D eigenvalue weighted by molar-refractivity contribution is 8.19. The average Bonchev–Trinajstić information content (AvgIpc) is 3.29. The molecule has 8 heteroatoms. The summed E-state index contributed by atoms with van der Waals surface area (Å²) in [4.78, 5) is 37.1. The van der Waals surface area contributed by atoms with Crippen molar-refractivity contribution >= 4 is 40.4 Å². The van der Waals surface area contributed by atoms with E-state index in [1.54, 1.807) is 30.3 Å². The van der Waals surface area contributed by atoms with Crippen molar-refractivity contribution in [1.29, 1.82) is 0 Å². The number of nitrogens with zero attached hydrogens (tertiary/aromatic N) is 2. The van der Waals surface area contributed by atoms with Gasteiger partial charge in [0.05, 0.1) is 15.5 Å². The summed E-state index contributed by atoms with van der Waals surface area (Å²) in [5.74, 6) is 0.520. The van der Waals surface area contributed by atoms with Crippen LogP contribution in [0.25, 0.3) is 17.4 Å². The third-order valence-corrected chi connectivity index (χ3v) is 5.74. The van der Waals surface area contributed by atoms with Crippen LogP contribution in [-0.4, -0.2) is 16.1 Å². The normalized spacial score (nSPS) is 15.3. The van der Waals surface area contributed by atoms with Gasteiger partial charge in [0.25, 0.3) is 16.8 Å². The Morgan fingerprint density at radius 3 is 2.47 bits per heavy atom. The number of thioether (sulfide) groups is 1. The van der Waals surface area contributed by atoms with Gasteiger partial charge in [-0.3, -0.25) is 19.7 Å². The minimum Gasteiger partial charge on any atom is -0.457 e. The molecule has 2 amide bonds. The lowest BCUT2D eigenvalue weighted by atomic mass is 10.1. The largest absolute Gasteiger partial charge is 0.457 e. The molecule has 1 saturated heterocycles. The van der Waals surface area contributed by atoms with Crippen LogP contribution in [0.15, 0.2) is 63.9 Å². The predicted molar refractivity (Wildman–Crippen MR) is 115 cm³/mol. The van der Waals surface area contributed by atoms with E-state index in [9.17, 15) is 19.7 Å². The fraction of sp³-hybridized carbons (Fsp3) is 0.0909. The Hall–Kier alpha value is -3.65. The molecule has 1 aromatic heterocycles. The molecule has 1 aliphatic heterocycles. The van der Waals surface area contributed by atoms with Crippen molar-refractivity contribution in [3.05, 3.63) is 86.5 Å². The van der Waals surface area contributed by atoms with Crippen LogP contribution < -0.4 is 4.90 Å². The summed E-state index contributed by atoms with van der Waals surface area (Å²) in [5, 5.41) is 10.4. The van der Waals surface area contributed by atoms with Crippen LogP contribution in [0.2, 0.25) is 0 Å². The molecule has 0 spiro atoms. The number of furan rings is 1. The summed E-state index contributed by atoms with van der Waals surface area (Å²) in [6, 6.07) is 14.9. The number of nitro groups is 1. The number of imide groups is 1. The summed E-state index contributed by atoms with van der Waals surface area (Å²) >= 11 is 0.860. The Bertz CT molecular complexity index is 1210. The Kier molecular flexibility index (Phi) is 5.01. The second-order valence-electron chi connectivity index (χ2n) is 6.74. The van der Waals surface area contributed by atoms with Crippen LogP contribution in [0, 0.1) is 24.0 Å². The van der Waals surface area contributed by atoms with Crippen molar-refractivity contribution in [2.75, 3.05) is 4.90 Å². The number of non-ortho nitro benzene ring substituents is 1. The van der Waals surface area contributed by atoms with Crippen LogP contribution >= 0.6 is 11.8 Å². The third kappa shape index (κ3) is 3.53. The molecule has 0 bridgehead atoms. The van der Waals surface area contributed by atoms with Gasteiger partial charge in [0.1, 0.15) is 11.5 Å². The van der Waals surface area contributed by atoms with Crippen LogP contribution in [0.1, 0.15) is 16.9 Å². The van der Waals surface area contributed by atoms with E-state index in [2.05, 4.69) is 0 Å². The number of nitro benzene ring substituents is 1. The number of benzene rings is 2. The summed E-state index contributed by atoms with van der Waals surface area (Å²) in [6.07, 6.45) is 1.53. The predicted octanol–water partition coefficient (Wildman–Crippen LogP) is 5.71. The van der Waals surface area contributed by atoms with Gasteiger partial charge in [-0.25, -0.2) is 4.90 Å². The van der Waals surface area contributed by atoms with Gasteiger partial charge in [0.15, 0.2) is 0 Å². The molecule has 2 aromatic carbocycles. The second-order valence-corrected chi connectivity index (χ2v) is 7.74. The first-order chi connectivity index (χ1) is 14.3. The van der Waals surface area contributed by atoms with Gasteiger partial charge in [-0.2, -0.15) is 0 Å². The molecule has 0 radical (unpaired) electrons. The topological polar surface area (TPSA) is 93.7 Å². The van der Waals surface area contributed by atoms with Crippen LogP contribution in [0.4, 0.5) is 16.2 Å². The van der Waals surface area contributed by atoms with Gasteiger partial charge >= 0.3 is 0 Å². The Morgan fingerprint density at radius 2 is 1.77 bits per heavy atom. The molecule has 0 aliphatic carbocycles. The first-order valence-electron chi connectivity index (χ1n) is 9.04. The third-order valence-electron chi connectivity index (χ3n) is 4.87. The molecule has 7 nitrogen and oxygen atoms in total. The van der Waals surface area contributed by atoms with Crippen molar-refractivity contribution in [2.24, 2.45) is 0 Å². The van der Waals surface area contributed by atoms with E-state index in [4.69, 9.17) is 4.42 Å². The molecule has 150 valence electrons. The van der Waals surface area contributed by atoms with E-state index in [1.807, 2.05) is 26.0 Å². The van der Waals surface area contributed by atoms with Crippen molar-refractivity contribution in [2.45, 2.75) is 13.8 Å². The first-order valence-corrected chi connectivity index (χ1v) is 9.85. The van der Waals surface area contributed by atoms with Crippen LogP contribution in [0.3, 0.4) is 0 Å². The van der Waals surface area contributed by atoms with Crippen LogP contribution in [0.5, 0.6) is 0 Å². The van der Waals surface area contributed by atoms with Crippen molar-refractivity contribution in [1.82, 2.24) is 0 Å². The lowest BCUT2D eigenvalue weighted by Gasteiger charge is -2.16. The molecule has 1 fully saturated rings. The van der Waals surface area contributed by atoms with Crippen molar-refractivity contribution < 1.29 is 18.9 Å². The van der Waals surface area contributed by atoms with E-state index in [1.165, 1.54) is 23.1 Å². The Balaban J connectivity index is 1.60. The highest BCUT2D eigenvalue weighted by atomic mass is 32.2. The maximum atomic E-state index is 12.9. The summed E-state index contributed by atoms with van der Waals surface area (Å²) in [5.41, 5.74) is 3.11. The smallest absolute Gasteiger partial charge is 0.298 e. The van der Waals surface area contributed by atoms with Gasteiger partial charge in [-0.1, -0.05) is 12.1 Å². The number of anilines is 1. The van der Waals surface area contributed by atoms with E-state index in [-0.39, 0.29) is 15.8 Å². The van der Waals surface area contributed by atoms with E-state index >= 15 is 0 Å². The maximum Gasteiger partial charge on any atom is 0.298 e. The number of hydrogen-bond donors (Lipinski definition) is 0. The summed E-state index contributed by atoms with van der Waals surface area (Å²) in [6.45, 7) is 3.80. The Morgan fingerprint density at radius 1 is 1.03 bits per heavy atom. The molecule has 0 atom stereocenters. The van der Waals surface area contributed by atoms with E-state index in [0.717, 1.165) is 22.9 Å². The molecular formula is C22H16N2O5S. The summed E-state index contributed by atoms with van der Waals surface area (Å²) in [7, 11) is 0. The monoisotopic (exact) mass is 420 g/mol. The minimum atomic E-state index is -0.469. The number of aryl methyl sites for hydroxylation is 1. The zero-order valence-corrected chi connectivity index (χ0v) is 16.9. The van der Waals surface area contributed by atoms with E-state index in [0.29, 0.717) is 22.8 Å². The zero-order chi connectivity index (χ0) is 21.4. The zero-order valence-electron chi connectivity index (χ0n) is 16.1. The standard InChI is InChI=1S/C22H16N2O5S/c1-13-4-3-5-18(14(13)2)23-21(25)20(30-22(23)26)12-17-10-11-19(29-17)15-6-8-16(9-7-15)24(27)28/h3-12H,1-2H3/b20-12+. The molecule has 0 N–H and O–H groups in total. The van der Waals surface area contributed by atoms with Crippen molar-refractivity contribution in [3.8, 4) is 11.3 Å². The van der Waals surface area contributed by atoms with Gasteiger partial charge in [0.2, 0.25) is 0 Å². The Labute approximate surface area is 176 Å². The van der Waals surface area contributed by atoms with Crippen LogP contribution in [-0.2, 0) is 4.79 Å². The van der Waals surface area contributed by atoms with E-state index < -0.39 is 10.8 Å². The number of carbonyl (C=O) groups is 2. The lowest BCUT2D eigenvalue weighted by molar-refractivity contribution is -0.384. The highest BCUT2D eigenvalue weighted by Gasteiger charge is 2.37. The number of amides is 2. The van der Waals surface area contributed by atoms with Gasteiger partial charge in [-0.15, -0.1) is 0 Å². The quantitative estimate of drug-likeness (QED) is 0.305. The average molecular weight is 420 g/mol. The molecular weight excluding hydrogens is 404 g/mol. The van der Waals surface area contributed by atoms with Crippen molar-refractivity contribution in [3.63, 3.8) is 0 Å². The maximum absolute atomic E-state index is 12.9. The second kappa shape index (κ2) is 7.64. The molecule has 2 heterocycles. The molecule has 0 unspecified atom stereocenters. The number of rotatable bonds is 4. The first kappa shape index (κ1) is 19.7. The number of carbonyl (C=O) groups excluding carboxylic acids is 2. The molecule has 4 rings (SSSR count). The van der Waals surface area contributed by atoms with Gasteiger partial charge < -0.3 is 4.42 Å². The molecule has 3 aromatic rings. The molecule has 30 heavy (non-hydrogen) atoms. The SMILES string of the molecule is Cc1cccc(N2C(=O)S/C(=C/c3ccc(-c4ccc([N+](=O)[O-])cc4)o3)C2=O)c1C. The fourth-order valence-corrected chi connectivity index (χ4v) is 3.93. The van der Waals surface area contributed by atoms with Gasteiger partial charge in [-0.05, 0) is 67.1 Å². The van der Waals surface area contributed by atoms with Gasteiger partial charge in [0, 0.05) is 23.8 Å². The molecule has 0 saturated carbocycles. The molecule has 1 aliphatic rings. The minimum absolute atomic E-state index is 0.00866. The fourth-order valence-electron chi connectivity index (χ4n) is 3.12.